The maximum atomic E-state index is 13.8. The molecule has 0 spiro atoms. The van der Waals surface area contributed by atoms with Crippen LogP contribution in [-0.4, -0.2) is 61.7 Å². The van der Waals surface area contributed by atoms with Crippen molar-refractivity contribution in [1.82, 2.24) is 14.5 Å². The predicted molar refractivity (Wildman–Crippen MR) is 145 cm³/mol. The molecule has 12 heteroatoms. The number of carbonyl (C=O) groups is 2. The normalized spacial score (nSPS) is 12.8. The SMILES string of the molecule is CC[C@H](C(=O)NC(C)(C)C)N(Cc1ccc(Cl)c(Cl)c1)C(=O)CN(c1ccc(F)cc1)S(=O)(=O)N(C)C. The summed E-state index contributed by atoms with van der Waals surface area (Å²) in [5.74, 6) is -1.56. The molecular formula is C25H33Cl2FN4O4S. The molecular weight excluding hydrogens is 542 g/mol. The minimum absolute atomic E-state index is 0.0228. The van der Waals surface area contributed by atoms with Gasteiger partial charge in [0.25, 0.3) is 0 Å². The third-order valence-electron chi connectivity index (χ3n) is 5.35. The largest absolute Gasteiger partial charge is 0.350 e. The minimum atomic E-state index is -4.14. The standard InChI is InChI=1S/C25H33Cl2FN4O4S/c1-7-22(24(34)29-25(2,3)4)31(15-17-8-13-20(26)21(27)14-17)23(33)16-32(37(35,36)30(5)6)19-11-9-18(28)10-12-19/h8-14,22H,7,15-16H2,1-6H3,(H,29,34)/t22-/m1/s1. The summed E-state index contributed by atoms with van der Waals surface area (Å²) in [6.45, 7) is 6.59. The molecule has 2 amide bonds. The average molecular weight is 576 g/mol. The lowest BCUT2D eigenvalue weighted by Gasteiger charge is -2.35. The van der Waals surface area contributed by atoms with E-state index in [4.69, 9.17) is 23.2 Å². The number of nitrogens with zero attached hydrogens (tertiary/aromatic N) is 3. The number of nitrogens with one attached hydrogen (secondary N) is 1. The van der Waals surface area contributed by atoms with E-state index in [1.54, 1.807) is 25.1 Å². The van der Waals surface area contributed by atoms with E-state index >= 15 is 0 Å². The van der Waals surface area contributed by atoms with Crippen LogP contribution in [0.4, 0.5) is 10.1 Å². The molecule has 8 nitrogen and oxygen atoms in total. The van der Waals surface area contributed by atoms with Crippen LogP contribution in [-0.2, 0) is 26.3 Å². The number of carbonyl (C=O) groups excluding carboxylic acids is 2. The fraction of sp³-hybridized carbons (Fsp3) is 0.440. The molecule has 2 aromatic carbocycles. The first-order chi connectivity index (χ1) is 17.1. The molecule has 0 aliphatic heterocycles. The summed E-state index contributed by atoms with van der Waals surface area (Å²) in [7, 11) is -1.48. The van der Waals surface area contributed by atoms with E-state index in [0.717, 1.165) is 20.7 Å². The van der Waals surface area contributed by atoms with Crippen molar-refractivity contribution in [3.8, 4) is 0 Å². The van der Waals surface area contributed by atoms with Crippen LogP contribution in [0.25, 0.3) is 0 Å². The topological polar surface area (TPSA) is 90.0 Å². The molecule has 0 saturated heterocycles. The highest BCUT2D eigenvalue weighted by atomic mass is 35.5. The molecule has 0 aromatic heterocycles. The molecule has 0 aliphatic rings. The van der Waals surface area contributed by atoms with Crippen LogP contribution in [0.5, 0.6) is 0 Å². The molecule has 204 valence electrons. The second kappa shape index (κ2) is 12.4. The molecule has 0 aliphatic carbocycles. The second-order valence-electron chi connectivity index (χ2n) is 9.71. The summed E-state index contributed by atoms with van der Waals surface area (Å²) in [6.07, 6.45) is 0.270. The quantitative estimate of drug-likeness (QED) is 0.453. The summed E-state index contributed by atoms with van der Waals surface area (Å²) in [4.78, 5) is 28.3. The van der Waals surface area contributed by atoms with E-state index in [-0.39, 0.29) is 29.6 Å². The van der Waals surface area contributed by atoms with Gasteiger partial charge in [-0.1, -0.05) is 36.2 Å². The van der Waals surface area contributed by atoms with Gasteiger partial charge in [-0.15, -0.1) is 0 Å². The first-order valence-electron chi connectivity index (χ1n) is 11.6. The number of amides is 2. The maximum Gasteiger partial charge on any atom is 0.304 e. The third-order valence-corrected chi connectivity index (χ3v) is 7.91. The van der Waals surface area contributed by atoms with Gasteiger partial charge in [-0.3, -0.25) is 9.59 Å². The lowest BCUT2D eigenvalue weighted by molar-refractivity contribution is -0.141. The van der Waals surface area contributed by atoms with E-state index in [1.807, 2.05) is 20.8 Å². The number of benzene rings is 2. The van der Waals surface area contributed by atoms with Gasteiger partial charge in [-0.2, -0.15) is 12.7 Å². The van der Waals surface area contributed by atoms with Crippen molar-refractivity contribution in [1.29, 1.82) is 0 Å². The van der Waals surface area contributed by atoms with Gasteiger partial charge in [0, 0.05) is 26.2 Å². The Labute approximate surface area is 228 Å². The number of hydrogen-bond donors (Lipinski definition) is 1. The Balaban J connectivity index is 2.54. The van der Waals surface area contributed by atoms with Crippen LogP contribution in [0.15, 0.2) is 42.5 Å². The van der Waals surface area contributed by atoms with Crippen LogP contribution in [0.2, 0.25) is 10.0 Å². The predicted octanol–water partition coefficient (Wildman–Crippen LogP) is 4.47. The van der Waals surface area contributed by atoms with Gasteiger partial charge in [0.15, 0.2) is 0 Å². The Bertz CT molecular complexity index is 1220. The lowest BCUT2D eigenvalue weighted by Crippen LogP contribution is -2.55. The van der Waals surface area contributed by atoms with Crippen LogP contribution < -0.4 is 9.62 Å². The van der Waals surface area contributed by atoms with Gasteiger partial charge in [0.1, 0.15) is 18.4 Å². The number of anilines is 1. The summed E-state index contributed by atoms with van der Waals surface area (Å²) < 4.78 is 41.7. The van der Waals surface area contributed by atoms with Gasteiger partial charge in [0.2, 0.25) is 11.8 Å². The molecule has 0 bridgehead atoms. The van der Waals surface area contributed by atoms with E-state index in [9.17, 15) is 22.4 Å². The van der Waals surface area contributed by atoms with E-state index < -0.39 is 40.1 Å². The summed E-state index contributed by atoms with van der Waals surface area (Å²) in [5.41, 5.74) is 0.149. The molecule has 2 rings (SSSR count). The Morgan fingerprint density at radius 1 is 1.03 bits per heavy atom. The fourth-order valence-corrected chi connectivity index (χ4v) is 4.91. The number of hydrogen-bond acceptors (Lipinski definition) is 4. The summed E-state index contributed by atoms with van der Waals surface area (Å²) in [6, 6.07) is 8.71. The first-order valence-corrected chi connectivity index (χ1v) is 13.7. The Hall–Kier alpha value is -2.40. The van der Waals surface area contributed by atoms with Gasteiger partial charge < -0.3 is 10.2 Å². The minimum Gasteiger partial charge on any atom is -0.350 e. The van der Waals surface area contributed by atoms with Crippen LogP contribution in [0, 0.1) is 5.82 Å². The number of halogens is 3. The van der Waals surface area contributed by atoms with Crippen LogP contribution in [0.1, 0.15) is 39.7 Å². The highest BCUT2D eigenvalue weighted by Crippen LogP contribution is 2.25. The monoisotopic (exact) mass is 574 g/mol. The van der Waals surface area contributed by atoms with Crippen LogP contribution in [0.3, 0.4) is 0 Å². The molecule has 0 heterocycles. The zero-order chi connectivity index (χ0) is 28.1. The highest BCUT2D eigenvalue weighted by Gasteiger charge is 2.34. The average Bonchev–Trinajstić information content (AvgIpc) is 2.78. The van der Waals surface area contributed by atoms with Gasteiger partial charge >= 0.3 is 10.2 Å². The Morgan fingerprint density at radius 3 is 2.11 bits per heavy atom. The summed E-state index contributed by atoms with van der Waals surface area (Å²) >= 11 is 12.2. The molecule has 2 aromatic rings. The zero-order valence-corrected chi connectivity index (χ0v) is 24.1. The number of rotatable bonds is 10. The maximum absolute atomic E-state index is 13.8. The van der Waals surface area contributed by atoms with Crippen molar-refractivity contribution in [2.45, 2.75) is 52.2 Å². The molecule has 0 fully saturated rings. The summed E-state index contributed by atoms with van der Waals surface area (Å²) in [5, 5.41) is 3.50. The third kappa shape index (κ3) is 8.29. The first kappa shape index (κ1) is 30.8. The Kier molecular flexibility index (Phi) is 10.4. The highest BCUT2D eigenvalue weighted by molar-refractivity contribution is 7.90. The van der Waals surface area contributed by atoms with E-state index in [2.05, 4.69) is 5.32 Å². The fourth-order valence-electron chi connectivity index (χ4n) is 3.53. The molecule has 0 unspecified atom stereocenters. The van der Waals surface area contributed by atoms with Gasteiger partial charge in [0.05, 0.1) is 15.7 Å². The van der Waals surface area contributed by atoms with Crippen molar-refractivity contribution in [2.24, 2.45) is 0 Å². The molecule has 1 atom stereocenters. The van der Waals surface area contributed by atoms with Crippen molar-refractivity contribution >= 4 is 50.9 Å². The molecule has 0 saturated carbocycles. The van der Waals surface area contributed by atoms with Gasteiger partial charge in [-0.05, 0) is 69.2 Å². The van der Waals surface area contributed by atoms with Crippen molar-refractivity contribution in [2.75, 3.05) is 24.9 Å². The van der Waals surface area contributed by atoms with Crippen molar-refractivity contribution in [3.05, 3.63) is 63.9 Å². The van der Waals surface area contributed by atoms with Crippen LogP contribution >= 0.6 is 23.2 Å². The zero-order valence-electron chi connectivity index (χ0n) is 21.8. The lowest BCUT2D eigenvalue weighted by atomic mass is 10.1. The van der Waals surface area contributed by atoms with Crippen molar-refractivity contribution < 1.29 is 22.4 Å². The molecule has 0 radical (unpaired) electrons. The molecule has 37 heavy (non-hydrogen) atoms. The Morgan fingerprint density at radius 2 is 1.62 bits per heavy atom. The van der Waals surface area contributed by atoms with E-state index in [1.165, 1.54) is 31.1 Å². The second-order valence-corrected chi connectivity index (χ2v) is 12.6. The van der Waals surface area contributed by atoms with Crippen molar-refractivity contribution in [3.63, 3.8) is 0 Å². The van der Waals surface area contributed by atoms with Gasteiger partial charge in [-0.25, -0.2) is 8.70 Å². The van der Waals surface area contributed by atoms with E-state index in [0.29, 0.717) is 10.6 Å². The smallest absolute Gasteiger partial charge is 0.304 e. The molecule has 1 N–H and O–H groups in total.